The second kappa shape index (κ2) is 5.49. The predicted molar refractivity (Wildman–Crippen MR) is 91.8 cm³/mol. The lowest BCUT2D eigenvalue weighted by Crippen LogP contribution is -2.56. The third kappa shape index (κ3) is 2.24. The molecule has 0 radical (unpaired) electrons. The van der Waals surface area contributed by atoms with Gasteiger partial charge in [0.1, 0.15) is 5.75 Å². The second-order valence-corrected chi connectivity index (χ2v) is 8.41. The summed E-state index contributed by atoms with van der Waals surface area (Å²) in [4.78, 5) is 0. The highest BCUT2D eigenvalue weighted by Crippen LogP contribution is 2.58. The van der Waals surface area contributed by atoms with Crippen LogP contribution in [-0.4, -0.2) is 28.0 Å². The molecule has 3 heteroatoms. The molecule has 3 nitrogen and oxygen atoms in total. The maximum Gasteiger partial charge on any atom is 0.122 e. The van der Waals surface area contributed by atoms with E-state index in [1.165, 1.54) is 5.56 Å². The van der Waals surface area contributed by atoms with Gasteiger partial charge in [-0.1, -0.05) is 39.8 Å². The number of aliphatic hydroxyl groups is 2. The van der Waals surface area contributed by atoms with Gasteiger partial charge in [0.05, 0.1) is 12.7 Å². The van der Waals surface area contributed by atoms with Crippen LogP contribution < -0.4 is 0 Å². The molecule has 0 amide bonds. The summed E-state index contributed by atoms with van der Waals surface area (Å²) < 4.78 is 0. The van der Waals surface area contributed by atoms with Crippen LogP contribution >= 0.6 is 0 Å². The lowest BCUT2D eigenvalue weighted by atomic mass is 9.49. The Hall–Kier alpha value is -1.06. The monoisotopic (exact) mass is 318 g/mol. The van der Waals surface area contributed by atoms with E-state index in [9.17, 15) is 15.3 Å². The van der Waals surface area contributed by atoms with E-state index < -0.39 is 11.5 Å². The van der Waals surface area contributed by atoms with Crippen LogP contribution in [0.2, 0.25) is 0 Å². The summed E-state index contributed by atoms with van der Waals surface area (Å²) in [7, 11) is 0. The molecule has 1 aromatic rings. The zero-order valence-corrected chi connectivity index (χ0v) is 14.8. The fourth-order valence-electron chi connectivity index (χ4n) is 5.28. The van der Waals surface area contributed by atoms with Crippen molar-refractivity contribution < 1.29 is 15.3 Å². The molecule has 0 aromatic heterocycles. The molecule has 1 saturated carbocycles. The number of fused-ring (bicyclic) bond motifs is 3. The third-order valence-corrected chi connectivity index (χ3v) is 6.84. The van der Waals surface area contributed by atoms with Crippen LogP contribution in [0.25, 0.3) is 0 Å². The number of rotatable bonds is 2. The maximum atomic E-state index is 10.8. The maximum absolute atomic E-state index is 10.8. The third-order valence-electron chi connectivity index (χ3n) is 6.84. The lowest BCUT2D eigenvalue weighted by Gasteiger charge is -2.57. The molecule has 3 rings (SSSR count). The van der Waals surface area contributed by atoms with Crippen LogP contribution in [0.15, 0.2) is 12.1 Å². The van der Waals surface area contributed by atoms with Gasteiger partial charge >= 0.3 is 0 Å². The predicted octanol–water partition coefficient (Wildman–Crippen LogP) is 3.49. The molecule has 2 aliphatic carbocycles. The Morgan fingerprint density at radius 2 is 1.91 bits per heavy atom. The van der Waals surface area contributed by atoms with Gasteiger partial charge in [-0.05, 0) is 59.6 Å². The molecule has 128 valence electrons. The van der Waals surface area contributed by atoms with E-state index in [0.29, 0.717) is 18.1 Å². The molecular formula is C20H30O3. The Morgan fingerprint density at radius 1 is 1.22 bits per heavy atom. The van der Waals surface area contributed by atoms with E-state index in [1.807, 2.05) is 6.92 Å². The molecule has 0 spiro atoms. The van der Waals surface area contributed by atoms with Crippen LogP contribution in [0.1, 0.15) is 69.6 Å². The SMILES string of the molecule is CC(C)c1ccc2c(c1O)CC[C@H]1[C@@](C)(CO)[C@@H](O)CC[C@]21C. The van der Waals surface area contributed by atoms with E-state index >= 15 is 0 Å². The minimum absolute atomic E-state index is 0.0137. The van der Waals surface area contributed by atoms with Gasteiger partial charge in [0, 0.05) is 5.41 Å². The van der Waals surface area contributed by atoms with Crippen LogP contribution in [0.5, 0.6) is 5.75 Å². The number of hydrogen-bond donors (Lipinski definition) is 3. The van der Waals surface area contributed by atoms with Crippen molar-refractivity contribution >= 4 is 0 Å². The molecule has 2 aliphatic rings. The van der Waals surface area contributed by atoms with Crippen LogP contribution in [-0.2, 0) is 11.8 Å². The molecule has 0 heterocycles. The molecule has 4 atom stereocenters. The van der Waals surface area contributed by atoms with Crippen molar-refractivity contribution in [2.75, 3.05) is 6.61 Å². The number of hydrogen-bond acceptors (Lipinski definition) is 3. The van der Waals surface area contributed by atoms with E-state index in [0.717, 1.165) is 30.4 Å². The first-order valence-electron chi connectivity index (χ1n) is 8.90. The van der Waals surface area contributed by atoms with Crippen LogP contribution in [0.4, 0.5) is 0 Å². The number of phenolic OH excluding ortho intramolecular Hbond substituents is 1. The fourth-order valence-corrected chi connectivity index (χ4v) is 5.28. The lowest BCUT2D eigenvalue weighted by molar-refractivity contribution is -0.110. The van der Waals surface area contributed by atoms with Crippen molar-refractivity contribution in [2.24, 2.45) is 11.3 Å². The van der Waals surface area contributed by atoms with Gasteiger partial charge in [-0.25, -0.2) is 0 Å². The standard InChI is InChI=1S/C20H30O3/c1-12(2)13-5-7-15-14(18(13)23)6-8-16-19(15,3)10-9-17(22)20(16,4)11-21/h5,7,12,16-17,21-23H,6,8-11H2,1-4H3/t16-,17+,19-,20-/m1/s1. The summed E-state index contributed by atoms with van der Waals surface area (Å²) in [5.41, 5.74) is 2.79. The molecular weight excluding hydrogens is 288 g/mol. The minimum atomic E-state index is -0.461. The Balaban J connectivity index is 2.12. The van der Waals surface area contributed by atoms with Crippen LogP contribution in [0, 0.1) is 11.3 Å². The van der Waals surface area contributed by atoms with Crippen molar-refractivity contribution in [3.63, 3.8) is 0 Å². The topological polar surface area (TPSA) is 60.7 Å². The highest BCUT2D eigenvalue weighted by molar-refractivity contribution is 5.51. The first kappa shape index (κ1) is 16.8. The van der Waals surface area contributed by atoms with E-state index in [2.05, 4.69) is 32.9 Å². The zero-order valence-electron chi connectivity index (χ0n) is 14.8. The van der Waals surface area contributed by atoms with Gasteiger partial charge in [0.25, 0.3) is 0 Å². The summed E-state index contributed by atoms with van der Waals surface area (Å²) in [5, 5.41) is 31.2. The Bertz CT molecular complexity index is 609. The molecule has 0 saturated heterocycles. The highest BCUT2D eigenvalue weighted by atomic mass is 16.3. The van der Waals surface area contributed by atoms with Gasteiger partial charge < -0.3 is 15.3 Å². The fraction of sp³-hybridized carbons (Fsp3) is 0.700. The zero-order chi connectivity index (χ0) is 17.0. The summed E-state index contributed by atoms with van der Waals surface area (Å²) >= 11 is 0. The highest BCUT2D eigenvalue weighted by Gasteiger charge is 2.55. The van der Waals surface area contributed by atoms with Crippen molar-refractivity contribution in [2.45, 2.75) is 70.8 Å². The van der Waals surface area contributed by atoms with Crippen molar-refractivity contribution in [1.29, 1.82) is 0 Å². The van der Waals surface area contributed by atoms with Gasteiger partial charge in [-0.15, -0.1) is 0 Å². The van der Waals surface area contributed by atoms with Gasteiger partial charge in [-0.3, -0.25) is 0 Å². The molecule has 3 N–H and O–H groups in total. The quantitative estimate of drug-likeness (QED) is 0.782. The average molecular weight is 318 g/mol. The molecule has 0 unspecified atom stereocenters. The molecule has 0 bridgehead atoms. The van der Waals surface area contributed by atoms with Crippen molar-refractivity contribution in [3.05, 3.63) is 28.8 Å². The molecule has 1 fully saturated rings. The van der Waals surface area contributed by atoms with Crippen molar-refractivity contribution in [3.8, 4) is 5.75 Å². The smallest absolute Gasteiger partial charge is 0.122 e. The van der Waals surface area contributed by atoms with Gasteiger partial charge in [0.2, 0.25) is 0 Å². The van der Waals surface area contributed by atoms with Gasteiger partial charge in [-0.2, -0.15) is 0 Å². The second-order valence-electron chi connectivity index (χ2n) is 8.41. The normalized spacial score (nSPS) is 36.7. The summed E-state index contributed by atoms with van der Waals surface area (Å²) in [6.45, 7) is 8.50. The summed E-state index contributed by atoms with van der Waals surface area (Å²) in [6.07, 6.45) is 2.89. The largest absolute Gasteiger partial charge is 0.507 e. The number of aliphatic hydroxyl groups excluding tert-OH is 2. The number of aromatic hydroxyl groups is 1. The Morgan fingerprint density at radius 3 is 2.52 bits per heavy atom. The van der Waals surface area contributed by atoms with Crippen molar-refractivity contribution in [1.82, 2.24) is 0 Å². The summed E-state index contributed by atoms with van der Waals surface area (Å²) in [5.74, 6) is 1.01. The van der Waals surface area contributed by atoms with E-state index in [-0.39, 0.29) is 17.9 Å². The number of benzene rings is 1. The Labute approximate surface area is 139 Å². The minimum Gasteiger partial charge on any atom is -0.507 e. The number of phenols is 1. The first-order valence-corrected chi connectivity index (χ1v) is 8.90. The summed E-state index contributed by atoms with van der Waals surface area (Å²) in [6, 6.07) is 4.25. The Kier molecular flexibility index (Phi) is 4.01. The molecule has 23 heavy (non-hydrogen) atoms. The van der Waals surface area contributed by atoms with E-state index in [4.69, 9.17) is 0 Å². The molecule has 1 aromatic carbocycles. The van der Waals surface area contributed by atoms with Crippen LogP contribution in [0.3, 0.4) is 0 Å². The average Bonchev–Trinajstić information content (AvgIpc) is 2.51. The van der Waals surface area contributed by atoms with E-state index in [1.54, 1.807) is 0 Å². The van der Waals surface area contributed by atoms with Gasteiger partial charge in [0.15, 0.2) is 0 Å². The molecule has 0 aliphatic heterocycles. The first-order chi connectivity index (χ1) is 10.8.